The Morgan fingerprint density at radius 2 is 1.82 bits per heavy atom. The van der Waals surface area contributed by atoms with Crippen LogP contribution in [0.3, 0.4) is 0 Å². The third kappa shape index (κ3) is 3.39. The van der Waals surface area contributed by atoms with Gasteiger partial charge in [0, 0.05) is 43.4 Å². The molecule has 0 fully saturated rings. The topological polar surface area (TPSA) is 56.4 Å². The van der Waals surface area contributed by atoms with Gasteiger partial charge in [0.25, 0.3) is 5.56 Å². The number of fused-ring (bicyclic) bond motifs is 1. The first kappa shape index (κ1) is 18.6. The highest BCUT2D eigenvalue weighted by molar-refractivity contribution is 8.08. The molecule has 0 unspecified atom stereocenters. The largest absolute Gasteiger partial charge is 0.378 e. The first-order valence-electron chi connectivity index (χ1n) is 8.71. The number of H-pyrrole nitrogens is 1. The van der Waals surface area contributed by atoms with Crippen LogP contribution < -0.4 is 24.6 Å². The van der Waals surface area contributed by atoms with Gasteiger partial charge in [0.05, 0.1) is 10.4 Å². The number of aromatic amines is 1. The summed E-state index contributed by atoms with van der Waals surface area (Å²) in [5.74, 6) is -0.130. The van der Waals surface area contributed by atoms with Crippen molar-refractivity contribution < 1.29 is 4.79 Å². The lowest BCUT2D eigenvalue weighted by atomic mass is 10.1. The maximum Gasteiger partial charge on any atom is 0.269 e. The van der Waals surface area contributed by atoms with Crippen LogP contribution in [0, 0.1) is 0 Å². The predicted octanol–water partition coefficient (Wildman–Crippen LogP) is 2.47. The molecule has 5 nitrogen and oxygen atoms in total. The van der Waals surface area contributed by atoms with Gasteiger partial charge in [-0.2, -0.15) is 0 Å². The van der Waals surface area contributed by atoms with Crippen molar-refractivity contribution >= 4 is 51.4 Å². The zero-order valence-electron chi connectivity index (χ0n) is 15.7. The number of nitrogens with one attached hydrogen (secondary N) is 1. The molecule has 142 valence electrons. The number of para-hydroxylation sites is 1. The summed E-state index contributed by atoms with van der Waals surface area (Å²) in [6, 6.07) is 15.4. The fourth-order valence-corrected chi connectivity index (χ4v) is 5.22. The quantitative estimate of drug-likeness (QED) is 0.674. The highest BCUT2D eigenvalue weighted by Gasteiger charge is 2.23. The van der Waals surface area contributed by atoms with Crippen LogP contribution >= 0.6 is 23.1 Å². The summed E-state index contributed by atoms with van der Waals surface area (Å²) in [6.45, 7) is 0. The highest BCUT2D eigenvalue weighted by Crippen LogP contribution is 2.44. The normalized spacial score (nSPS) is 15.7. The van der Waals surface area contributed by atoms with E-state index in [1.165, 1.54) is 17.4 Å². The molecule has 0 aliphatic carbocycles. The smallest absolute Gasteiger partial charge is 0.269 e. The number of nitrogens with zero attached hydrogens (tertiary/aromatic N) is 2. The Morgan fingerprint density at radius 1 is 1.11 bits per heavy atom. The molecule has 0 amide bonds. The maximum absolute atomic E-state index is 12.6. The van der Waals surface area contributed by atoms with Gasteiger partial charge in [-0.3, -0.25) is 9.59 Å². The Balaban J connectivity index is 1.70. The van der Waals surface area contributed by atoms with Crippen molar-refractivity contribution in [1.29, 1.82) is 0 Å². The Labute approximate surface area is 170 Å². The van der Waals surface area contributed by atoms with E-state index in [2.05, 4.69) is 4.98 Å². The molecule has 0 radical (unpaired) electrons. The van der Waals surface area contributed by atoms with Gasteiger partial charge in [-0.05, 0) is 36.4 Å². The molecule has 1 N–H and O–H groups in total. The van der Waals surface area contributed by atoms with Crippen LogP contribution in [0.5, 0.6) is 0 Å². The maximum atomic E-state index is 12.6. The third-order valence-electron chi connectivity index (χ3n) is 4.52. The molecule has 0 atom stereocenters. The predicted molar refractivity (Wildman–Crippen MR) is 118 cm³/mol. The van der Waals surface area contributed by atoms with Crippen molar-refractivity contribution in [3.05, 3.63) is 73.6 Å². The van der Waals surface area contributed by atoms with Crippen molar-refractivity contribution in [2.24, 2.45) is 0 Å². The summed E-state index contributed by atoms with van der Waals surface area (Å²) >= 11 is 2.88. The van der Waals surface area contributed by atoms with E-state index in [0.29, 0.717) is 14.8 Å². The summed E-state index contributed by atoms with van der Waals surface area (Å²) in [5.41, 5.74) is 2.53. The summed E-state index contributed by atoms with van der Waals surface area (Å²) < 4.78 is 1.17. The molecule has 1 aliphatic rings. The van der Waals surface area contributed by atoms with Crippen molar-refractivity contribution in [3.63, 3.8) is 0 Å². The Morgan fingerprint density at radius 3 is 2.50 bits per heavy atom. The number of thiazole rings is 1. The zero-order chi connectivity index (χ0) is 19.8. The van der Waals surface area contributed by atoms with Crippen LogP contribution in [0.1, 0.15) is 10.4 Å². The molecule has 2 aromatic carbocycles. The van der Waals surface area contributed by atoms with E-state index < -0.39 is 0 Å². The van der Waals surface area contributed by atoms with Crippen LogP contribution in [-0.4, -0.2) is 31.9 Å². The van der Waals surface area contributed by atoms with E-state index in [1.54, 1.807) is 23.9 Å². The first-order chi connectivity index (χ1) is 13.4. The van der Waals surface area contributed by atoms with Crippen LogP contribution in [0.25, 0.3) is 11.1 Å². The zero-order valence-corrected chi connectivity index (χ0v) is 17.4. The SMILES string of the molecule is CN(C)c1ccc(C(=O)/C=c2\[nH]c(=O)/c(=C3/Sc4ccccc4N3C)s2)cc1. The molecule has 28 heavy (non-hydrogen) atoms. The molecule has 7 heteroatoms. The van der Waals surface area contributed by atoms with Gasteiger partial charge in [-0.25, -0.2) is 0 Å². The van der Waals surface area contributed by atoms with Crippen molar-refractivity contribution in [3.8, 4) is 0 Å². The summed E-state index contributed by atoms with van der Waals surface area (Å²) in [6.07, 6.45) is 1.49. The van der Waals surface area contributed by atoms with E-state index in [-0.39, 0.29) is 11.3 Å². The molecule has 3 aromatic rings. The lowest BCUT2D eigenvalue weighted by Gasteiger charge is -2.11. The molecule has 0 spiro atoms. The van der Waals surface area contributed by atoms with Gasteiger partial charge >= 0.3 is 0 Å². The monoisotopic (exact) mass is 409 g/mol. The average molecular weight is 410 g/mol. The number of aromatic nitrogens is 1. The second kappa shape index (κ2) is 7.33. The number of ketones is 1. The average Bonchev–Trinajstić information content (AvgIpc) is 3.21. The summed E-state index contributed by atoms with van der Waals surface area (Å²) in [7, 11) is 5.86. The van der Waals surface area contributed by atoms with E-state index in [0.717, 1.165) is 21.3 Å². The minimum absolute atomic E-state index is 0.130. The lowest BCUT2D eigenvalue weighted by Crippen LogP contribution is -2.26. The van der Waals surface area contributed by atoms with E-state index in [4.69, 9.17) is 0 Å². The second-order valence-corrected chi connectivity index (χ2v) is 8.72. The van der Waals surface area contributed by atoms with Crippen LogP contribution in [0.2, 0.25) is 0 Å². The molecule has 1 aliphatic heterocycles. The Hall–Kier alpha value is -2.77. The number of thioether (sulfide) groups is 1. The van der Waals surface area contributed by atoms with Crippen molar-refractivity contribution in [1.82, 2.24) is 4.98 Å². The summed E-state index contributed by atoms with van der Waals surface area (Å²) in [5, 5.41) is 0.884. The minimum Gasteiger partial charge on any atom is -0.378 e. The van der Waals surface area contributed by atoms with Gasteiger partial charge < -0.3 is 14.8 Å². The van der Waals surface area contributed by atoms with Crippen molar-refractivity contribution in [2.45, 2.75) is 4.90 Å². The van der Waals surface area contributed by atoms with Gasteiger partial charge in [-0.15, -0.1) is 11.3 Å². The van der Waals surface area contributed by atoms with Gasteiger partial charge in [0.2, 0.25) is 0 Å². The van der Waals surface area contributed by atoms with Crippen LogP contribution in [0.4, 0.5) is 11.4 Å². The highest BCUT2D eigenvalue weighted by atomic mass is 32.2. The number of hydrogen-bond donors (Lipinski definition) is 1. The first-order valence-corrected chi connectivity index (χ1v) is 10.3. The number of benzene rings is 2. The second-order valence-electron chi connectivity index (χ2n) is 6.63. The Bertz CT molecular complexity index is 1220. The fourth-order valence-electron chi connectivity index (χ4n) is 2.98. The van der Waals surface area contributed by atoms with Crippen LogP contribution in [0.15, 0.2) is 58.2 Å². The van der Waals surface area contributed by atoms with Gasteiger partial charge in [0.15, 0.2) is 5.78 Å². The molecule has 0 bridgehead atoms. The molecular weight excluding hydrogens is 390 g/mol. The van der Waals surface area contributed by atoms with E-state index in [9.17, 15) is 9.59 Å². The molecule has 0 saturated heterocycles. The lowest BCUT2D eigenvalue weighted by molar-refractivity contribution is 0.106. The molecule has 0 saturated carbocycles. The fraction of sp³-hybridized carbons (Fsp3) is 0.143. The number of anilines is 2. The molecule has 4 rings (SSSR count). The molecule has 2 heterocycles. The number of carbonyl (C=O) groups is 1. The Kier molecular flexibility index (Phi) is 4.87. The van der Waals surface area contributed by atoms with Gasteiger partial charge in [-0.1, -0.05) is 23.9 Å². The number of rotatable bonds is 3. The molecular formula is C21H19N3O2S2. The van der Waals surface area contributed by atoms with E-state index in [1.807, 2.05) is 67.3 Å². The van der Waals surface area contributed by atoms with Crippen molar-refractivity contribution in [2.75, 3.05) is 30.9 Å². The van der Waals surface area contributed by atoms with E-state index >= 15 is 0 Å². The standard InChI is InChI=1S/C21H19N3O2S2/c1-23(2)14-10-8-13(9-11-14)16(25)12-18-22-20(26)19(28-18)21-24(3)15-6-4-5-7-17(15)27-21/h4-12H,1-3H3,(H,22,26)/b18-12+,21-19-. The summed E-state index contributed by atoms with van der Waals surface area (Å²) in [4.78, 5) is 33.0. The minimum atomic E-state index is -0.172. The van der Waals surface area contributed by atoms with Gasteiger partial charge in [0.1, 0.15) is 9.56 Å². The molecule has 1 aromatic heterocycles. The number of carbonyl (C=O) groups excluding carboxylic acids is 1. The third-order valence-corrected chi connectivity index (χ3v) is 6.91. The number of hydrogen-bond acceptors (Lipinski definition) is 6. The number of Topliss-reactive ketones (excluding diaryl/α,β-unsaturated/α-hetero) is 1. The van der Waals surface area contributed by atoms with Crippen LogP contribution in [-0.2, 0) is 0 Å².